The van der Waals surface area contributed by atoms with Crippen LogP contribution in [0.1, 0.15) is 17.3 Å². The number of nitrogens with one attached hydrogen (secondary N) is 2. The van der Waals surface area contributed by atoms with Crippen molar-refractivity contribution in [1.29, 1.82) is 0 Å². The van der Waals surface area contributed by atoms with Gasteiger partial charge in [-0.15, -0.1) is 11.8 Å². The second-order valence-corrected chi connectivity index (χ2v) is 5.71. The number of benzene rings is 1. The molecule has 0 bridgehead atoms. The first-order valence-corrected chi connectivity index (χ1v) is 8.05. The van der Waals surface area contributed by atoms with Crippen LogP contribution in [0.2, 0.25) is 0 Å². The van der Waals surface area contributed by atoms with E-state index in [1.807, 2.05) is 0 Å². The summed E-state index contributed by atoms with van der Waals surface area (Å²) in [6.45, 7) is 2.03. The molecule has 2 amide bonds. The van der Waals surface area contributed by atoms with Gasteiger partial charge < -0.3 is 4.74 Å². The summed E-state index contributed by atoms with van der Waals surface area (Å²) in [7, 11) is 0. The molecule has 6 nitrogen and oxygen atoms in total. The van der Waals surface area contributed by atoms with E-state index < -0.39 is 11.8 Å². The average Bonchev–Trinajstić information content (AvgIpc) is 2.46. The van der Waals surface area contributed by atoms with E-state index in [2.05, 4.69) is 26.8 Å². The van der Waals surface area contributed by atoms with Gasteiger partial charge in [-0.2, -0.15) is 0 Å². The van der Waals surface area contributed by atoms with Gasteiger partial charge >= 0.3 is 5.97 Å². The molecule has 1 aromatic rings. The van der Waals surface area contributed by atoms with Crippen LogP contribution in [-0.4, -0.2) is 35.9 Å². The fourth-order valence-corrected chi connectivity index (χ4v) is 2.14. The van der Waals surface area contributed by atoms with Crippen molar-refractivity contribution in [3.63, 3.8) is 0 Å². The molecule has 8 heteroatoms. The van der Waals surface area contributed by atoms with Crippen LogP contribution in [-0.2, 0) is 14.3 Å². The number of thioether (sulfide) groups is 1. The maximum absolute atomic E-state index is 11.7. The van der Waals surface area contributed by atoms with Gasteiger partial charge in [-0.1, -0.05) is 15.9 Å². The Morgan fingerprint density at radius 2 is 1.81 bits per heavy atom. The van der Waals surface area contributed by atoms with Crippen LogP contribution in [0.3, 0.4) is 0 Å². The van der Waals surface area contributed by atoms with Crippen LogP contribution < -0.4 is 10.9 Å². The summed E-state index contributed by atoms with van der Waals surface area (Å²) in [6.07, 6.45) is 0. The molecule has 1 aromatic carbocycles. The summed E-state index contributed by atoms with van der Waals surface area (Å²) < 4.78 is 5.58. The topological polar surface area (TPSA) is 84.5 Å². The lowest BCUT2D eigenvalue weighted by Gasteiger charge is -2.07. The highest BCUT2D eigenvalue weighted by Gasteiger charge is 2.08. The monoisotopic (exact) mass is 374 g/mol. The third kappa shape index (κ3) is 7.14. The molecule has 21 heavy (non-hydrogen) atoms. The van der Waals surface area contributed by atoms with E-state index >= 15 is 0 Å². The van der Waals surface area contributed by atoms with Crippen LogP contribution >= 0.6 is 27.7 Å². The normalized spacial score (nSPS) is 9.81. The van der Waals surface area contributed by atoms with E-state index in [-0.39, 0.29) is 17.5 Å². The lowest BCUT2D eigenvalue weighted by atomic mass is 10.2. The largest absolute Gasteiger partial charge is 0.465 e. The summed E-state index contributed by atoms with van der Waals surface area (Å²) in [5, 5.41) is 0. The van der Waals surface area contributed by atoms with Gasteiger partial charge in [0.1, 0.15) is 0 Å². The summed E-state index contributed by atoms with van der Waals surface area (Å²) in [6, 6.07) is 6.71. The fourth-order valence-electron chi connectivity index (χ4n) is 1.27. The van der Waals surface area contributed by atoms with E-state index in [1.165, 1.54) is 0 Å². The van der Waals surface area contributed by atoms with E-state index in [1.54, 1.807) is 31.2 Å². The highest BCUT2D eigenvalue weighted by molar-refractivity contribution is 9.10. The van der Waals surface area contributed by atoms with Gasteiger partial charge in [-0.3, -0.25) is 25.2 Å². The number of rotatable bonds is 6. The number of halogens is 1. The minimum absolute atomic E-state index is 0.0550. The average molecular weight is 375 g/mol. The van der Waals surface area contributed by atoms with Crippen molar-refractivity contribution >= 4 is 45.5 Å². The Balaban J connectivity index is 2.25. The Kier molecular flexibility index (Phi) is 7.84. The first kappa shape index (κ1) is 17.5. The Bertz CT molecular complexity index is 507. The Morgan fingerprint density at radius 3 is 2.43 bits per heavy atom. The van der Waals surface area contributed by atoms with Crippen molar-refractivity contribution in [2.75, 3.05) is 18.1 Å². The second kappa shape index (κ2) is 9.41. The molecule has 2 N–H and O–H groups in total. The Morgan fingerprint density at radius 1 is 1.14 bits per heavy atom. The highest BCUT2D eigenvalue weighted by atomic mass is 79.9. The summed E-state index contributed by atoms with van der Waals surface area (Å²) >= 11 is 4.38. The first-order valence-electron chi connectivity index (χ1n) is 6.11. The van der Waals surface area contributed by atoms with E-state index in [0.717, 1.165) is 16.2 Å². The zero-order valence-electron chi connectivity index (χ0n) is 11.3. The Labute approximate surface area is 135 Å². The molecule has 0 saturated heterocycles. The number of carbonyl (C=O) groups is 3. The number of carbonyl (C=O) groups excluding carboxylic acids is 3. The van der Waals surface area contributed by atoms with E-state index in [9.17, 15) is 14.4 Å². The predicted molar refractivity (Wildman–Crippen MR) is 83.7 cm³/mol. The third-order valence-electron chi connectivity index (χ3n) is 2.18. The molecule has 0 saturated carbocycles. The standard InChI is InChI=1S/C13H15BrN2O4S/c1-2-20-12(18)8-21-7-11(17)15-16-13(19)9-3-5-10(14)6-4-9/h3-6H,2,7-8H2,1H3,(H,15,17)(H,16,19). The lowest BCUT2D eigenvalue weighted by Crippen LogP contribution is -2.42. The molecule has 0 atom stereocenters. The van der Waals surface area contributed by atoms with Gasteiger partial charge in [0, 0.05) is 10.0 Å². The molecule has 0 fully saturated rings. The van der Waals surface area contributed by atoms with Crippen LogP contribution in [0.15, 0.2) is 28.7 Å². The fraction of sp³-hybridized carbons (Fsp3) is 0.308. The van der Waals surface area contributed by atoms with Crippen molar-refractivity contribution in [2.24, 2.45) is 0 Å². The van der Waals surface area contributed by atoms with Crippen LogP contribution in [0, 0.1) is 0 Å². The molecule has 114 valence electrons. The minimum atomic E-state index is -0.411. The van der Waals surface area contributed by atoms with Crippen LogP contribution in [0.5, 0.6) is 0 Å². The molecule has 1 rings (SSSR count). The third-order valence-corrected chi connectivity index (χ3v) is 3.62. The SMILES string of the molecule is CCOC(=O)CSCC(=O)NNC(=O)c1ccc(Br)cc1. The number of hydrogen-bond acceptors (Lipinski definition) is 5. The molecular weight excluding hydrogens is 360 g/mol. The molecule has 0 aromatic heterocycles. The highest BCUT2D eigenvalue weighted by Crippen LogP contribution is 2.10. The number of hydrogen-bond donors (Lipinski definition) is 2. The summed E-state index contributed by atoms with van der Waals surface area (Å²) in [5.74, 6) is -1.02. The van der Waals surface area contributed by atoms with E-state index in [0.29, 0.717) is 12.2 Å². The molecular formula is C13H15BrN2O4S. The minimum Gasteiger partial charge on any atom is -0.465 e. The van der Waals surface area contributed by atoms with Crippen molar-refractivity contribution in [3.05, 3.63) is 34.3 Å². The van der Waals surface area contributed by atoms with Gasteiger partial charge in [0.05, 0.1) is 18.1 Å². The van der Waals surface area contributed by atoms with Crippen LogP contribution in [0.25, 0.3) is 0 Å². The van der Waals surface area contributed by atoms with Gasteiger partial charge in [0.2, 0.25) is 5.91 Å². The van der Waals surface area contributed by atoms with Crippen molar-refractivity contribution in [2.45, 2.75) is 6.92 Å². The molecule has 0 heterocycles. The first-order chi connectivity index (χ1) is 10.0. The molecule has 0 radical (unpaired) electrons. The zero-order chi connectivity index (χ0) is 15.7. The smallest absolute Gasteiger partial charge is 0.315 e. The quantitative estimate of drug-likeness (QED) is 0.582. The molecule has 0 aliphatic rings. The molecule has 0 spiro atoms. The molecule has 0 aliphatic heterocycles. The number of ether oxygens (including phenoxy) is 1. The molecule has 0 unspecified atom stereocenters. The zero-order valence-corrected chi connectivity index (χ0v) is 13.8. The summed E-state index contributed by atoms with van der Waals surface area (Å²) in [5.41, 5.74) is 5.00. The van der Waals surface area contributed by atoms with Crippen LogP contribution in [0.4, 0.5) is 0 Å². The number of amides is 2. The summed E-state index contributed by atoms with van der Waals surface area (Å²) in [4.78, 5) is 34.2. The van der Waals surface area contributed by atoms with Crippen molar-refractivity contribution in [3.8, 4) is 0 Å². The second-order valence-electron chi connectivity index (χ2n) is 3.81. The molecule has 0 aliphatic carbocycles. The van der Waals surface area contributed by atoms with E-state index in [4.69, 9.17) is 4.74 Å². The maximum Gasteiger partial charge on any atom is 0.315 e. The number of hydrazine groups is 1. The predicted octanol–water partition coefficient (Wildman–Crippen LogP) is 1.51. The maximum atomic E-state index is 11.7. The van der Waals surface area contributed by atoms with Gasteiger partial charge in [-0.25, -0.2) is 0 Å². The van der Waals surface area contributed by atoms with Crippen molar-refractivity contribution in [1.82, 2.24) is 10.9 Å². The Hall–Kier alpha value is -1.54. The van der Waals surface area contributed by atoms with Gasteiger partial charge in [-0.05, 0) is 31.2 Å². The number of esters is 1. The lowest BCUT2D eigenvalue weighted by molar-refractivity contribution is -0.139. The van der Waals surface area contributed by atoms with Crippen molar-refractivity contribution < 1.29 is 19.1 Å². The van der Waals surface area contributed by atoms with Gasteiger partial charge in [0.25, 0.3) is 5.91 Å². The van der Waals surface area contributed by atoms with Gasteiger partial charge in [0.15, 0.2) is 0 Å².